The number of nitrogens with two attached hydrogens (primary N) is 1. The summed E-state index contributed by atoms with van der Waals surface area (Å²) in [4.78, 5) is 3.94. The van der Waals surface area contributed by atoms with E-state index >= 15 is 0 Å². The van der Waals surface area contributed by atoms with Crippen molar-refractivity contribution in [3.63, 3.8) is 0 Å². The Bertz CT molecular complexity index is 467. The van der Waals surface area contributed by atoms with Crippen LogP contribution in [0.5, 0.6) is 0 Å². The van der Waals surface area contributed by atoms with Crippen LogP contribution in [0.2, 0.25) is 0 Å². The Hall–Kier alpha value is -1.60. The number of nitrogens with zero attached hydrogens (tertiary/aromatic N) is 2. The summed E-state index contributed by atoms with van der Waals surface area (Å²) in [6, 6.07) is 0. The van der Waals surface area contributed by atoms with Crippen LogP contribution in [-0.2, 0) is 0 Å². The van der Waals surface area contributed by atoms with E-state index in [0.717, 1.165) is 10.1 Å². The van der Waals surface area contributed by atoms with Crippen LogP contribution in [0.25, 0.3) is 10.1 Å². The largest absolute Gasteiger partial charge is 0.397 e. The molecule has 0 saturated carbocycles. The van der Waals surface area contributed by atoms with Gasteiger partial charge in [-0.3, -0.25) is 4.98 Å². The number of terminal acetylenes is 1. The lowest BCUT2D eigenvalue weighted by Gasteiger charge is -1.92. The fourth-order valence-electron chi connectivity index (χ4n) is 1.02. The standard InChI is InChI=1S/C8H5N3S/c1-2-6-8-5(9)3-10-4-7(8)12-11-6/h1,3-4H,9H2. The van der Waals surface area contributed by atoms with Crippen molar-refractivity contribution >= 4 is 27.3 Å². The summed E-state index contributed by atoms with van der Waals surface area (Å²) in [5, 5.41) is 0.845. The first-order valence-corrected chi connectivity index (χ1v) is 4.05. The highest BCUT2D eigenvalue weighted by molar-refractivity contribution is 7.13. The van der Waals surface area contributed by atoms with Crippen LogP contribution in [0.3, 0.4) is 0 Å². The number of pyridine rings is 1. The molecule has 2 N–H and O–H groups in total. The Morgan fingerprint density at radius 2 is 2.33 bits per heavy atom. The number of rotatable bonds is 0. The Kier molecular flexibility index (Phi) is 1.45. The Morgan fingerprint density at radius 3 is 3.08 bits per heavy atom. The molecule has 0 aliphatic carbocycles. The molecular formula is C8H5N3S. The smallest absolute Gasteiger partial charge is 0.136 e. The van der Waals surface area contributed by atoms with E-state index in [-0.39, 0.29) is 0 Å². The van der Waals surface area contributed by atoms with Crippen LogP contribution >= 0.6 is 11.5 Å². The summed E-state index contributed by atoms with van der Waals surface area (Å²) < 4.78 is 4.99. The van der Waals surface area contributed by atoms with E-state index in [4.69, 9.17) is 12.2 Å². The fraction of sp³-hybridized carbons (Fsp3) is 0. The maximum atomic E-state index is 5.69. The van der Waals surface area contributed by atoms with E-state index in [1.54, 1.807) is 12.4 Å². The van der Waals surface area contributed by atoms with Crippen molar-refractivity contribution in [2.45, 2.75) is 0 Å². The average Bonchev–Trinajstić information content (AvgIpc) is 2.49. The van der Waals surface area contributed by atoms with Crippen molar-refractivity contribution in [1.82, 2.24) is 9.36 Å². The Labute approximate surface area is 73.4 Å². The molecule has 0 saturated heterocycles. The third-order valence-corrected chi connectivity index (χ3v) is 2.33. The maximum absolute atomic E-state index is 5.69. The predicted octanol–water partition coefficient (Wildman–Crippen LogP) is 1.25. The van der Waals surface area contributed by atoms with Gasteiger partial charge in [0.25, 0.3) is 0 Å². The highest BCUT2D eigenvalue weighted by atomic mass is 32.1. The summed E-state index contributed by atoms with van der Waals surface area (Å²) in [5.74, 6) is 2.48. The second-order valence-corrected chi connectivity index (χ2v) is 3.08. The van der Waals surface area contributed by atoms with Gasteiger partial charge >= 0.3 is 0 Å². The van der Waals surface area contributed by atoms with Crippen LogP contribution in [0.15, 0.2) is 12.4 Å². The Balaban J connectivity index is 2.95. The minimum absolute atomic E-state index is 0.592. The quantitative estimate of drug-likeness (QED) is 0.613. The number of nitrogen functional groups attached to an aromatic ring is 1. The van der Waals surface area contributed by atoms with Crippen molar-refractivity contribution in [3.8, 4) is 12.3 Å². The third-order valence-electron chi connectivity index (χ3n) is 1.55. The lowest BCUT2D eigenvalue weighted by molar-refractivity contribution is 1.37. The molecule has 0 bridgehead atoms. The molecule has 0 spiro atoms. The van der Waals surface area contributed by atoms with Gasteiger partial charge in [0.15, 0.2) is 0 Å². The zero-order chi connectivity index (χ0) is 8.55. The molecule has 0 unspecified atom stereocenters. The van der Waals surface area contributed by atoms with Gasteiger partial charge in [-0.05, 0) is 17.5 Å². The van der Waals surface area contributed by atoms with Crippen LogP contribution in [0, 0.1) is 12.3 Å². The first-order valence-electron chi connectivity index (χ1n) is 3.28. The molecule has 0 fully saturated rings. The molecule has 0 aromatic carbocycles. The zero-order valence-electron chi connectivity index (χ0n) is 6.11. The van der Waals surface area contributed by atoms with E-state index < -0.39 is 0 Å². The van der Waals surface area contributed by atoms with Gasteiger partial charge in [-0.15, -0.1) is 6.42 Å². The minimum Gasteiger partial charge on any atom is -0.397 e. The molecular weight excluding hydrogens is 170 g/mol. The second-order valence-electron chi connectivity index (χ2n) is 2.28. The van der Waals surface area contributed by atoms with E-state index in [1.807, 2.05) is 0 Å². The summed E-state index contributed by atoms with van der Waals surface area (Å²) in [6.45, 7) is 0. The lowest BCUT2D eigenvalue weighted by atomic mass is 10.2. The first-order chi connectivity index (χ1) is 5.83. The SMILES string of the molecule is C#Cc1nsc2cncc(N)c12. The molecule has 12 heavy (non-hydrogen) atoms. The van der Waals surface area contributed by atoms with Gasteiger partial charge in [0.1, 0.15) is 5.69 Å². The van der Waals surface area contributed by atoms with Gasteiger partial charge < -0.3 is 5.73 Å². The normalized spacial score (nSPS) is 9.92. The highest BCUT2D eigenvalue weighted by Gasteiger charge is 2.06. The van der Waals surface area contributed by atoms with Gasteiger partial charge in [-0.2, -0.15) is 4.37 Å². The molecule has 0 aliphatic rings. The molecule has 3 nitrogen and oxygen atoms in total. The topological polar surface area (TPSA) is 51.8 Å². The predicted molar refractivity (Wildman–Crippen MR) is 49.8 cm³/mol. The molecule has 0 amide bonds. The highest BCUT2D eigenvalue weighted by Crippen LogP contribution is 2.25. The van der Waals surface area contributed by atoms with Gasteiger partial charge in [0.05, 0.1) is 22.0 Å². The van der Waals surface area contributed by atoms with Gasteiger partial charge in [-0.1, -0.05) is 0 Å². The molecule has 58 valence electrons. The number of hydrogen-bond donors (Lipinski definition) is 1. The third kappa shape index (κ3) is 0.840. The minimum atomic E-state index is 0.592. The number of hydrogen-bond acceptors (Lipinski definition) is 4. The molecule has 2 heterocycles. The van der Waals surface area contributed by atoms with E-state index in [2.05, 4.69) is 15.3 Å². The molecule has 2 aromatic heterocycles. The van der Waals surface area contributed by atoms with Crippen molar-refractivity contribution in [3.05, 3.63) is 18.1 Å². The fourth-order valence-corrected chi connectivity index (χ4v) is 1.77. The van der Waals surface area contributed by atoms with Crippen molar-refractivity contribution in [2.75, 3.05) is 5.73 Å². The monoisotopic (exact) mass is 175 g/mol. The van der Waals surface area contributed by atoms with Gasteiger partial charge in [0, 0.05) is 6.20 Å². The number of fused-ring (bicyclic) bond motifs is 1. The van der Waals surface area contributed by atoms with Crippen LogP contribution in [0.1, 0.15) is 5.69 Å². The molecule has 2 rings (SSSR count). The molecule has 4 heteroatoms. The zero-order valence-corrected chi connectivity index (χ0v) is 6.93. The van der Waals surface area contributed by atoms with Crippen LogP contribution in [-0.4, -0.2) is 9.36 Å². The van der Waals surface area contributed by atoms with Crippen LogP contribution in [0.4, 0.5) is 5.69 Å². The summed E-state index contributed by atoms with van der Waals surface area (Å²) in [6.07, 6.45) is 8.54. The summed E-state index contributed by atoms with van der Waals surface area (Å²) in [5.41, 5.74) is 6.88. The van der Waals surface area contributed by atoms with Gasteiger partial charge in [0.2, 0.25) is 0 Å². The van der Waals surface area contributed by atoms with Gasteiger partial charge in [-0.25, -0.2) is 0 Å². The van der Waals surface area contributed by atoms with E-state index in [1.165, 1.54) is 11.5 Å². The summed E-state index contributed by atoms with van der Waals surface area (Å²) >= 11 is 1.32. The average molecular weight is 175 g/mol. The maximum Gasteiger partial charge on any atom is 0.136 e. The van der Waals surface area contributed by atoms with Crippen molar-refractivity contribution in [1.29, 1.82) is 0 Å². The van der Waals surface area contributed by atoms with E-state index in [0.29, 0.717) is 11.4 Å². The number of anilines is 1. The number of aromatic nitrogens is 2. The van der Waals surface area contributed by atoms with Crippen molar-refractivity contribution < 1.29 is 0 Å². The molecule has 0 atom stereocenters. The first kappa shape index (κ1) is 7.07. The van der Waals surface area contributed by atoms with Crippen LogP contribution < -0.4 is 5.73 Å². The Morgan fingerprint density at radius 1 is 1.50 bits per heavy atom. The van der Waals surface area contributed by atoms with Crippen molar-refractivity contribution in [2.24, 2.45) is 0 Å². The van der Waals surface area contributed by atoms with E-state index in [9.17, 15) is 0 Å². The second kappa shape index (κ2) is 2.47. The molecule has 0 aliphatic heterocycles. The molecule has 2 aromatic rings. The molecule has 0 radical (unpaired) electrons. The summed E-state index contributed by atoms with van der Waals surface area (Å²) in [7, 11) is 0. The lowest BCUT2D eigenvalue weighted by Crippen LogP contribution is -1.87.